The molecule has 3 heteroatoms. The number of rotatable bonds is 1. The molecule has 0 aliphatic rings. The van der Waals surface area contributed by atoms with Crippen LogP contribution >= 0.6 is 0 Å². The van der Waals surface area contributed by atoms with E-state index in [0.717, 1.165) is 16.7 Å². The van der Waals surface area contributed by atoms with Crippen LogP contribution in [0.5, 0.6) is 0 Å². The molecule has 0 amide bonds. The van der Waals surface area contributed by atoms with Crippen LogP contribution in [0.1, 0.15) is 5.56 Å². The number of aromatic nitrogens is 1. The lowest BCUT2D eigenvalue weighted by molar-refractivity contribution is 0.602. The van der Waals surface area contributed by atoms with E-state index in [1.165, 1.54) is 6.39 Å². The number of benzene rings is 1. The lowest BCUT2D eigenvalue weighted by Gasteiger charge is -1.92. The number of hydrogen-bond acceptors (Lipinski definition) is 3. The normalized spacial score (nSPS) is 9.92. The van der Waals surface area contributed by atoms with Crippen LogP contribution in [-0.2, 0) is 6.42 Å². The first-order chi connectivity index (χ1) is 5.92. The van der Waals surface area contributed by atoms with Crippen molar-refractivity contribution in [1.29, 1.82) is 5.26 Å². The fourth-order valence-electron chi connectivity index (χ4n) is 1.17. The van der Waals surface area contributed by atoms with E-state index in [1.54, 1.807) is 0 Å². The van der Waals surface area contributed by atoms with Gasteiger partial charge in [-0.05, 0) is 11.6 Å². The lowest BCUT2D eigenvalue weighted by Crippen LogP contribution is -1.82. The standard InChI is InChI=1S/C9H6N2O/c10-5-4-7-2-1-3-8-9(7)11-6-12-8/h1-3,6H,4H2. The number of hydrogen-bond donors (Lipinski definition) is 0. The molecule has 1 aromatic heterocycles. The molecule has 58 valence electrons. The summed E-state index contributed by atoms with van der Waals surface area (Å²) in [6, 6.07) is 7.67. The molecule has 0 saturated heterocycles. The maximum atomic E-state index is 8.51. The highest BCUT2D eigenvalue weighted by Crippen LogP contribution is 2.16. The molecule has 0 fully saturated rings. The van der Waals surface area contributed by atoms with Crippen molar-refractivity contribution in [3.05, 3.63) is 30.2 Å². The van der Waals surface area contributed by atoms with Gasteiger partial charge in [-0.1, -0.05) is 12.1 Å². The first-order valence-corrected chi connectivity index (χ1v) is 3.60. The minimum Gasteiger partial charge on any atom is -0.443 e. The second-order valence-corrected chi connectivity index (χ2v) is 2.45. The number of nitriles is 1. The molecule has 0 aliphatic carbocycles. The predicted octanol–water partition coefficient (Wildman–Crippen LogP) is 1.89. The van der Waals surface area contributed by atoms with E-state index in [9.17, 15) is 0 Å². The summed E-state index contributed by atoms with van der Waals surface area (Å²) in [5.74, 6) is 0. The van der Waals surface area contributed by atoms with E-state index in [4.69, 9.17) is 9.68 Å². The first-order valence-electron chi connectivity index (χ1n) is 3.60. The quantitative estimate of drug-likeness (QED) is 0.636. The van der Waals surface area contributed by atoms with Crippen LogP contribution in [0.4, 0.5) is 0 Å². The second kappa shape index (κ2) is 2.67. The SMILES string of the molecule is N#CCc1cccc2ocnc12. The molecule has 0 aliphatic heterocycles. The van der Waals surface area contributed by atoms with Crippen molar-refractivity contribution in [2.24, 2.45) is 0 Å². The van der Waals surface area contributed by atoms with Gasteiger partial charge in [-0.25, -0.2) is 4.98 Å². The predicted molar refractivity (Wildman–Crippen MR) is 43.3 cm³/mol. The molecule has 0 atom stereocenters. The Labute approximate surface area is 69.2 Å². The third kappa shape index (κ3) is 0.940. The van der Waals surface area contributed by atoms with E-state index in [-0.39, 0.29) is 0 Å². The Balaban J connectivity index is 2.67. The number of fused-ring (bicyclic) bond motifs is 1. The zero-order chi connectivity index (χ0) is 8.39. The molecule has 2 rings (SSSR count). The molecule has 12 heavy (non-hydrogen) atoms. The third-order valence-electron chi connectivity index (χ3n) is 1.71. The summed E-state index contributed by atoms with van der Waals surface area (Å²) in [4.78, 5) is 4.02. The Morgan fingerprint density at radius 2 is 2.42 bits per heavy atom. The molecular formula is C9H6N2O. The number of para-hydroxylation sites is 1. The largest absolute Gasteiger partial charge is 0.443 e. The van der Waals surface area contributed by atoms with Gasteiger partial charge in [-0.15, -0.1) is 0 Å². The summed E-state index contributed by atoms with van der Waals surface area (Å²) in [7, 11) is 0. The Kier molecular flexibility index (Phi) is 1.52. The first kappa shape index (κ1) is 6.86. The molecule has 0 N–H and O–H groups in total. The summed E-state index contributed by atoms with van der Waals surface area (Å²) >= 11 is 0. The highest BCUT2D eigenvalue weighted by molar-refractivity contribution is 5.76. The van der Waals surface area contributed by atoms with Crippen molar-refractivity contribution in [1.82, 2.24) is 4.98 Å². The summed E-state index contributed by atoms with van der Waals surface area (Å²) in [5.41, 5.74) is 2.45. The van der Waals surface area contributed by atoms with Gasteiger partial charge in [-0.2, -0.15) is 5.26 Å². The molecular weight excluding hydrogens is 152 g/mol. The van der Waals surface area contributed by atoms with Crippen LogP contribution < -0.4 is 0 Å². The average Bonchev–Trinajstić information content (AvgIpc) is 2.53. The average molecular weight is 158 g/mol. The van der Waals surface area contributed by atoms with Crippen molar-refractivity contribution < 1.29 is 4.42 Å². The molecule has 1 heterocycles. The molecule has 0 saturated carbocycles. The van der Waals surface area contributed by atoms with Gasteiger partial charge < -0.3 is 4.42 Å². The van der Waals surface area contributed by atoms with E-state index in [0.29, 0.717) is 6.42 Å². The minimum atomic E-state index is 0.379. The van der Waals surface area contributed by atoms with Gasteiger partial charge in [0.1, 0.15) is 5.52 Å². The fraction of sp³-hybridized carbons (Fsp3) is 0.111. The maximum absolute atomic E-state index is 8.51. The highest BCUT2D eigenvalue weighted by Gasteiger charge is 2.02. The molecule has 0 spiro atoms. The van der Waals surface area contributed by atoms with Gasteiger partial charge >= 0.3 is 0 Å². The Bertz CT molecular complexity index is 439. The van der Waals surface area contributed by atoms with Gasteiger partial charge in [0.15, 0.2) is 12.0 Å². The van der Waals surface area contributed by atoms with Crippen LogP contribution in [0.15, 0.2) is 29.0 Å². The van der Waals surface area contributed by atoms with Gasteiger partial charge in [0.05, 0.1) is 12.5 Å². The topological polar surface area (TPSA) is 49.8 Å². The fourth-order valence-corrected chi connectivity index (χ4v) is 1.17. The van der Waals surface area contributed by atoms with Crippen molar-refractivity contribution in [3.8, 4) is 6.07 Å². The molecule has 0 unspecified atom stereocenters. The summed E-state index contributed by atoms with van der Waals surface area (Å²) in [6.07, 6.45) is 1.77. The summed E-state index contributed by atoms with van der Waals surface area (Å²) < 4.78 is 5.08. The van der Waals surface area contributed by atoms with Gasteiger partial charge in [0, 0.05) is 0 Å². The van der Waals surface area contributed by atoms with E-state index in [2.05, 4.69) is 11.1 Å². The third-order valence-corrected chi connectivity index (χ3v) is 1.71. The van der Waals surface area contributed by atoms with Crippen molar-refractivity contribution >= 4 is 11.1 Å². The minimum absolute atomic E-state index is 0.379. The van der Waals surface area contributed by atoms with E-state index >= 15 is 0 Å². The number of oxazole rings is 1. The lowest BCUT2D eigenvalue weighted by atomic mass is 10.1. The summed E-state index contributed by atoms with van der Waals surface area (Å²) in [5, 5.41) is 8.51. The molecule has 0 radical (unpaired) electrons. The van der Waals surface area contributed by atoms with Crippen LogP contribution in [0.25, 0.3) is 11.1 Å². The molecule has 1 aromatic carbocycles. The molecule has 3 nitrogen and oxygen atoms in total. The smallest absolute Gasteiger partial charge is 0.181 e. The Hall–Kier alpha value is -1.82. The Morgan fingerprint density at radius 1 is 1.50 bits per heavy atom. The number of nitrogens with zero attached hydrogens (tertiary/aromatic N) is 2. The van der Waals surface area contributed by atoms with Gasteiger partial charge in [-0.3, -0.25) is 0 Å². The van der Waals surface area contributed by atoms with Crippen molar-refractivity contribution in [3.63, 3.8) is 0 Å². The van der Waals surface area contributed by atoms with E-state index in [1.807, 2.05) is 18.2 Å². The van der Waals surface area contributed by atoms with Crippen LogP contribution in [-0.4, -0.2) is 4.98 Å². The van der Waals surface area contributed by atoms with Gasteiger partial charge in [0.2, 0.25) is 0 Å². The molecule has 0 bridgehead atoms. The van der Waals surface area contributed by atoms with Gasteiger partial charge in [0.25, 0.3) is 0 Å². The van der Waals surface area contributed by atoms with E-state index < -0.39 is 0 Å². The monoisotopic (exact) mass is 158 g/mol. The second-order valence-electron chi connectivity index (χ2n) is 2.45. The zero-order valence-corrected chi connectivity index (χ0v) is 6.32. The van der Waals surface area contributed by atoms with Crippen LogP contribution in [0, 0.1) is 11.3 Å². The maximum Gasteiger partial charge on any atom is 0.181 e. The van der Waals surface area contributed by atoms with Crippen LogP contribution in [0.2, 0.25) is 0 Å². The van der Waals surface area contributed by atoms with Crippen molar-refractivity contribution in [2.75, 3.05) is 0 Å². The Morgan fingerprint density at radius 3 is 3.25 bits per heavy atom. The van der Waals surface area contributed by atoms with Crippen molar-refractivity contribution in [2.45, 2.75) is 6.42 Å². The van der Waals surface area contributed by atoms with Crippen LogP contribution in [0.3, 0.4) is 0 Å². The molecule has 2 aromatic rings. The highest BCUT2D eigenvalue weighted by atomic mass is 16.3. The zero-order valence-electron chi connectivity index (χ0n) is 6.32. The summed E-state index contributed by atoms with van der Waals surface area (Å²) in [6.45, 7) is 0.